The topological polar surface area (TPSA) is 39.2 Å². The van der Waals surface area contributed by atoms with Crippen molar-refractivity contribution in [3.05, 3.63) is 43.0 Å². The fourth-order valence-corrected chi connectivity index (χ4v) is 0.654. The summed E-state index contributed by atoms with van der Waals surface area (Å²) < 4.78 is 9.45. The fraction of sp³-hybridized carbons (Fsp3) is 0.222. The third-order valence-electron chi connectivity index (χ3n) is 1.21. The molecular formula is C9H11NO2. The largest absolute Gasteiger partial charge is 0.473 e. The van der Waals surface area contributed by atoms with E-state index in [9.17, 15) is 0 Å². The summed E-state index contributed by atoms with van der Waals surface area (Å²) in [4.78, 5) is 3.87. The van der Waals surface area contributed by atoms with Gasteiger partial charge in [-0.1, -0.05) is 6.92 Å². The SMILES string of the molecule is CCc1ncco1.c1ccoc1. The van der Waals surface area contributed by atoms with Gasteiger partial charge >= 0.3 is 0 Å². The Kier molecular flexibility index (Phi) is 3.71. The molecule has 0 aromatic carbocycles. The van der Waals surface area contributed by atoms with Crippen molar-refractivity contribution in [3.63, 3.8) is 0 Å². The van der Waals surface area contributed by atoms with E-state index in [1.807, 2.05) is 19.1 Å². The van der Waals surface area contributed by atoms with Crippen LogP contribution in [-0.2, 0) is 6.42 Å². The van der Waals surface area contributed by atoms with Crippen LogP contribution in [0.15, 0.2) is 46.0 Å². The van der Waals surface area contributed by atoms with Gasteiger partial charge in [0.15, 0.2) is 5.89 Å². The summed E-state index contributed by atoms with van der Waals surface area (Å²) in [5.74, 6) is 0.806. The smallest absolute Gasteiger partial charge is 0.193 e. The lowest BCUT2D eigenvalue weighted by atomic mass is 10.5. The highest BCUT2D eigenvalue weighted by molar-refractivity contribution is 4.79. The standard InChI is InChI=1S/C5H7NO.C4H4O/c1-2-5-6-3-4-7-5;1-2-4-5-3-1/h3-4H,2H2,1H3;1-4H. The van der Waals surface area contributed by atoms with E-state index in [1.54, 1.807) is 25.0 Å². The van der Waals surface area contributed by atoms with Crippen LogP contribution in [0.3, 0.4) is 0 Å². The molecule has 2 rings (SSSR count). The van der Waals surface area contributed by atoms with E-state index in [0.717, 1.165) is 12.3 Å². The molecule has 0 unspecified atom stereocenters. The summed E-state index contributed by atoms with van der Waals surface area (Å²) in [6.07, 6.45) is 7.37. The summed E-state index contributed by atoms with van der Waals surface area (Å²) in [7, 11) is 0. The first-order valence-electron chi connectivity index (χ1n) is 3.79. The van der Waals surface area contributed by atoms with Crippen LogP contribution in [0, 0.1) is 0 Å². The second-order valence-electron chi connectivity index (χ2n) is 2.07. The van der Waals surface area contributed by atoms with Gasteiger partial charge in [0, 0.05) is 6.42 Å². The third kappa shape index (κ3) is 3.05. The van der Waals surface area contributed by atoms with Crippen molar-refractivity contribution >= 4 is 0 Å². The summed E-state index contributed by atoms with van der Waals surface area (Å²) in [6, 6.07) is 3.67. The summed E-state index contributed by atoms with van der Waals surface area (Å²) in [5, 5.41) is 0. The molecule has 0 aliphatic carbocycles. The Morgan fingerprint density at radius 2 is 2.00 bits per heavy atom. The first kappa shape index (κ1) is 8.59. The predicted octanol–water partition coefficient (Wildman–Crippen LogP) is 2.52. The van der Waals surface area contributed by atoms with Gasteiger partial charge < -0.3 is 8.83 Å². The Balaban J connectivity index is 0.000000127. The molecule has 0 aliphatic rings. The van der Waals surface area contributed by atoms with E-state index in [1.165, 1.54) is 0 Å². The van der Waals surface area contributed by atoms with Crippen molar-refractivity contribution < 1.29 is 8.83 Å². The average molecular weight is 165 g/mol. The van der Waals surface area contributed by atoms with Gasteiger partial charge in [-0.25, -0.2) is 4.98 Å². The molecule has 12 heavy (non-hydrogen) atoms. The molecule has 0 fully saturated rings. The van der Waals surface area contributed by atoms with E-state index in [2.05, 4.69) is 9.40 Å². The molecule has 3 nitrogen and oxygen atoms in total. The number of aryl methyl sites for hydroxylation is 1. The number of oxazole rings is 1. The molecule has 2 heterocycles. The van der Waals surface area contributed by atoms with Crippen molar-refractivity contribution in [1.82, 2.24) is 4.98 Å². The van der Waals surface area contributed by atoms with Gasteiger partial charge in [0.1, 0.15) is 6.26 Å². The van der Waals surface area contributed by atoms with E-state index < -0.39 is 0 Å². The third-order valence-corrected chi connectivity index (χ3v) is 1.21. The van der Waals surface area contributed by atoms with E-state index in [-0.39, 0.29) is 0 Å². The maximum absolute atomic E-state index is 4.87. The fourth-order valence-electron chi connectivity index (χ4n) is 0.654. The molecule has 0 bridgehead atoms. The Bertz CT molecular complexity index is 243. The molecule has 0 saturated carbocycles. The number of rotatable bonds is 1. The second-order valence-corrected chi connectivity index (χ2v) is 2.07. The van der Waals surface area contributed by atoms with Gasteiger partial charge in [0.05, 0.1) is 18.7 Å². The minimum atomic E-state index is 0.806. The van der Waals surface area contributed by atoms with Gasteiger partial charge in [-0.3, -0.25) is 0 Å². The predicted molar refractivity (Wildman–Crippen MR) is 44.6 cm³/mol. The van der Waals surface area contributed by atoms with Gasteiger partial charge in [-0.15, -0.1) is 0 Å². The first-order chi connectivity index (χ1) is 5.93. The van der Waals surface area contributed by atoms with Crippen LogP contribution >= 0.6 is 0 Å². The zero-order valence-corrected chi connectivity index (χ0v) is 6.93. The van der Waals surface area contributed by atoms with Gasteiger partial charge in [-0.2, -0.15) is 0 Å². The number of furan rings is 1. The summed E-state index contributed by atoms with van der Waals surface area (Å²) in [6.45, 7) is 2.01. The van der Waals surface area contributed by atoms with Crippen molar-refractivity contribution in [2.75, 3.05) is 0 Å². The molecule has 0 aliphatic heterocycles. The number of hydrogen-bond donors (Lipinski definition) is 0. The average Bonchev–Trinajstić information content (AvgIpc) is 2.81. The number of aromatic nitrogens is 1. The quantitative estimate of drug-likeness (QED) is 0.651. The molecule has 0 amide bonds. The van der Waals surface area contributed by atoms with E-state index in [4.69, 9.17) is 4.42 Å². The molecule has 64 valence electrons. The van der Waals surface area contributed by atoms with Gasteiger partial charge in [0.2, 0.25) is 0 Å². The van der Waals surface area contributed by atoms with Crippen LogP contribution in [0.4, 0.5) is 0 Å². The van der Waals surface area contributed by atoms with Crippen LogP contribution in [0.1, 0.15) is 12.8 Å². The van der Waals surface area contributed by atoms with Crippen molar-refractivity contribution in [2.45, 2.75) is 13.3 Å². The minimum absolute atomic E-state index is 0.806. The normalized spacial score (nSPS) is 8.75. The van der Waals surface area contributed by atoms with Crippen LogP contribution in [0.5, 0.6) is 0 Å². The minimum Gasteiger partial charge on any atom is -0.473 e. The van der Waals surface area contributed by atoms with Gasteiger partial charge in [-0.05, 0) is 12.1 Å². The van der Waals surface area contributed by atoms with Crippen LogP contribution in [0.25, 0.3) is 0 Å². The molecule has 2 aromatic rings. The summed E-state index contributed by atoms with van der Waals surface area (Å²) in [5.41, 5.74) is 0. The highest BCUT2D eigenvalue weighted by atomic mass is 16.3. The van der Waals surface area contributed by atoms with Crippen molar-refractivity contribution in [2.24, 2.45) is 0 Å². The highest BCUT2D eigenvalue weighted by Crippen LogP contribution is 1.92. The maximum atomic E-state index is 4.87. The van der Waals surface area contributed by atoms with Crippen LogP contribution < -0.4 is 0 Å². The Morgan fingerprint density at radius 3 is 2.25 bits per heavy atom. The van der Waals surface area contributed by atoms with Gasteiger partial charge in [0.25, 0.3) is 0 Å². The Hall–Kier alpha value is -1.51. The van der Waals surface area contributed by atoms with E-state index >= 15 is 0 Å². The molecule has 2 aromatic heterocycles. The Morgan fingerprint density at radius 1 is 1.25 bits per heavy atom. The molecule has 0 spiro atoms. The van der Waals surface area contributed by atoms with Crippen molar-refractivity contribution in [3.8, 4) is 0 Å². The Labute approximate surface area is 71.0 Å². The lowest BCUT2D eigenvalue weighted by molar-refractivity contribution is 0.501. The molecule has 0 saturated heterocycles. The van der Waals surface area contributed by atoms with Crippen LogP contribution in [0.2, 0.25) is 0 Å². The number of hydrogen-bond acceptors (Lipinski definition) is 3. The highest BCUT2D eigenvalue weighted by Gasteiger charge is 1.86. The first-order valence-corrected chi connectivity index (χ1v) is 3.79. The zero-order chi connectivity index (χ0) is 8.65. The number of nitrogens with zero attached hydrogens (tertiary/aromatic N) is 1. The van der Waals surface area contributed by atoms with Crippen LogP contribution in [-0.4, -0.2) is 4.98 Å². The molecule has 0 radical (unpaired) electrons. The lowest BCUT2D eigenvalue weighted by Gasteiger charge is -1.77. The molecule has 3 heteroatoms. The molecular weight excluding hydrogens is 154 g/mol. The van der Waals surface area contributed by atoms with Crippen molar-refractivity contribution in [1.29, 1.82) is 0 Å². The lowest BCUT2D eigenvalue weighted by Crippen LogP contribution is -1.73. The monoisotopic (exact) mass is 165 g/mol. The summed E-state index contributed by atoms with van der Waals surface area (Å²) >= 11 is 0. The van der Waals surface area contributed by atoms with E-state index in [0.29, 0.717) is 0 Å². The molecule has 0 N–H and O–H groups in total. The maximum Gasteiger partial charge on any atom is 0.193 e. The zero-order valence-electron chi connectivity index (χ0n) is 6.93. The molecule has 0 atom stereocenters. The second kappa shape index (κ2) is 5.18.